The Hall–Kier alpha value is -3.28. The molecule has 0 aromatic heterocycles. The van der Waals surface area contributed by atoms with Crippen LogP contribution in [0.2, 0.25) is 0 Å². The number of nitrogens with one attached hydrogen (secondary N) is 1. The van der Waals surface area contributed by atoms with Gasteiger partial charge in [0.1, 0.15) is 11.9 Å². The van der Waals surface area contributed by atoms with Crippen molar-refractivity contribution in [2.45, 2.75) is 39.7 Å². The van der Waals surface area contributed by atoms with Crippen molar-refractivity contribution in [1.82, 2.24) is 5.32 Å². The van der Waals surface area contributed by atoms with Crippen LogP contribution in [-0.2, 0) is 9.47 Å². The second-order valence-corrected chi connectivity index (χ2v) is 8.45. The summed E-state index contributed by atoms with van der Waals surface area (Å²) in [5, 5.41) is 11.6. The van der Waals surface area contributed by atoms with Crippen LogP contribution in [0.5, 0.6) is 0 Å². The van der Waals surface area contributed by atoms with E-state index in [9.17, 15) is 14.0 Å². The fraction of sp³-hybridized carbons (Fsp3) is 0.522. The van der Waals surface area contributed by atoms with Gasteiger partial charge in [0, 0.05) is 18.7 Å². The van der Waals surface area contributed by atoms with Crippen LogP contribution >= 0.6 is 0 Å². The molecule has 0 radical (unpaired) electrons. The first-order chi connectivity index (χ1) is 15.3. The molecule has 2 saturated heterocycles. The summed E-state index contributed by atoms with van der Waals surface area (Å²) in [5.74, 6) is -0.192. The second kappa shape index (κ2) is 10.4. The smallest absolute Gasteiger partial charge is 0.414 e. The number of rotatable bonds is 6. The Balaban J connectivity index is 1.57. The lowest BCUT2D eigenvalue weighted by Gasteiger charge is -2.31. The number of piperidine rings is 1. The highest BCUT2D eigenvalue weighted by atomic mass is 19.1. The summed E-state index contributed by atoms with van der Waals surface area (Å²) in [5.41, 5.74) is 2.73. The quantitative estimate of drug-likeness (QED) is 0.667. The highest BCUT2D eigenvalue weighted by Crippen LogP contribution is 2.30. The number of hydrogen-bond acceptors (Lipinski definition) is 6. The lowest BCUT2D eigenvalue weighted by Crippen LogP contribution is -2.35. The highest BCUT2D eigenvalue weighted by Gasteiger charge is 2.33. The van der Waals surface area contributed by atoms with Crippen LogP contribution < -0.4 is 15.1 Å². The zero-order valence-electron chi connectivity index (χ0n) is 18.7. The van der Waals surface area contributed by atoms with Gasteiger partial charge in [-0.2, -0.15) is 5.26 Å². The topological polar surface area (TPSA) is 94.9 Å². The van der Waals surface area contributed by atoms with E-state index in [4.69, 9.17) is 14.7 Å². The van der Waals surface area contributed by atoms with Crippen LogP contribution in [0.1, 0.15) is 33.6 Å². The van der Waals surface area contributed by atoms with Crippen molar-refractivity contribution in [3.8, 4) is 6.07 Å². The Kier molecular flexibility index (Phi) is 7.57. The van der Waals surface area contributed by atoms with Crippen LogP contribution in [-0.4, -0.2) is 51.1 Å². The predicted octanol–water partition coefficient (Wildman–Crippen LogP) is 3.97. The molecule has 0 bridgehead atoms. The number of benzene rings is 1. The first kappa shape index (κ1) is 23.4. The van der Waals surface area contributed by atoms with E-state index in [1.54, 1.807) is 12.1 Å². The molecule has 2 aliphatic heterocycles. The summed E-state index contributed by atoms with van der Waals surface area (Å²) >= 11 is 0. The summed E-state index contributed by atoms with van der Waals surface area (Å²) in [7, 11) is 0. The summed E-state index contributed by atoms with van der Waals surface area (Å²) in [4.78, 5) is 27.3. The number of amides is 2. The maximum absolute atomic E-state index is 14.9. The summed E-state index contributed by atoms with van der Waals surface area (Å²) in [6.07, 6.45) is -0.236. The van der Waals surface area contributed by atoms with Gasteiger partial charge in [0.2, 0.25) is 0 Å². The monoisotopic (exact) mass is 444 g/mol. The number of anilines is 2. The zero-order chi connectivity index (χ0) is 23.3. The van der Waals surface area contributed by atoms with Gasteiger partial charge in [0.15, 0.2) is 0 Å². The van der Waals surface area contributed by atoms with E-state index in [1.165, 1.54) is 11.0 Å². The lowest BCUT2D eigenvalue weighted by atomic mass is 9.99. The minimum absolute atomic E-state index is 0.117. The highest BCUT2D eigenvalue weighted by molar-refractivity contribution is 5.90. The van der Waals surface area contributed by atoms with Gasteiger partial charge < -0.3 is 19.7 Å². The van der Waals surface area contributed by atoms with Crippen LogP contribution in [0, 0.1) is 23.1 Å². The average Bonchev–Trinajstić information content (AvgIpc) is 3.16. The Morgan fingerprint density at radius 3 is 2.72 bits per heavy atom. The standard InChI is InChI=1S/C23H29FN4O4/c1-15(2)14-31-22(29)26-12-19-13-28(23(30)32-19)18-4-5-21(20(24)10-18)27-8-6-17(7-9-27)16(3)11-25/h4-5,10,15,19H,6-9,12-14H2,1-3H3,(H,26,29)/t19-/m0/s1. The van der Waals surface area contributed by atoms with Gasteiger partial charge in [0.25, 0.3) is 0 Å². The summed E-state index contributed by atoms with van der Waals surface area (Å²) in [6.45, 7) is 7.58. The minimum atomic E-state index is -0.584. The molecule has 2 aliphatic rings. The molecule has 1 N–H and O–H groups in total. The van der Waals surface area contributed by atoms with Crippen LogP contribution in [0.25, 0.3) is 0 Å². The molecule has 1 aromatic carbocycles. The van der Waals surface area contributed by atoms with Crippen molar-refractivity contribution in [3.63, 3.8) is 0 Å². The number of carbonyl (C=O) groups excluding carboxylic acids is 2. The fourth-order valence-electron chi connectivity index (χ4n) is 3.72. The molecular weight excluding hydrogens is 415 g/mol. The molecule has 0 spiro atoms. The number of halogens is 1. The van der Waals surface area contributed by atoms with E-state index in [-0.39, 0.29) is 19.0 Å². The van der Waals surface area contributed by atoms with Gasteiger partial charge in [-0.05, 0) is 43.9 Å². The van der Waals surface area contributed by atoms with E-state index in [1.807, 2.05) is 25.7 Å². The SMILES string of the molecule is CC(C#N)=C1CCN(c2ccc(N3C[C@H](CNC(=O)OCC(C)C)OC3=O)cc2F)CC1. The number of cyclic esters (lactones) is 1. The molecule has 8 nitrogen and oxygen atoms in total. The molecule has 0 unspecified atom stereocenters. The molecule has 2 fully saturated rings. The number of allylic oxidation sites excluding steroid dienone is 1. The van der Waals surface area contributed by atoms with Crippen molar-refractivity contribution in [2.75, 3.05) is 42.6 Å². The van der Waals surface area contributed by atoms with E-state index < -0.39 is 24.1 Å². The molecule has 2 heterocycles. The van der Waals surface area contributed by atoms with Gasteiger partial charge in [-0.1, -0.05) is 19.4 Å². The molecule has 1 atom stereocenters. The molecule has 0 aliphatic carbocycles. The maximum Gasteiger partial charge on any atom is 0.414 e. The molecule has 32 heavy (non-hydrogen) atoms. The van der Waals surface area contributed by atoms with E-state index in [0.29, 0.717) is 31.1 Å². The number of nitriles is 1. The molecular formula is C23H29FN4O4. The normalized spacial score (nSPS) is 18.4. The van der Waals surface area contributed by atoms with E-state index >= 15 is 0 Å². The maximum atomic E-state index is 14.9. The lowest BCUT2D eigenvalue weighted by molar-refractivity contribution is 0.118. The van der Waals surface area contributed by atoms with E-state index in [0.717, 1.165) is 24.0 Å². The van der Waals surface area contributed by atoms with E-state index in [2.05, 4.69) is 11.4 Å². The number of ether oxygens (including phenoxy) is 2. The van der Waals surface area contributed by atoms with Gasteiger partial charge in [0.05, 0.1) is 37.1 Å². The molecule has 3 rings (SSSR count). The van der Waals surface area contributed by atoms with Crippen molar-refractivity contribution < 1.29 is 23.5 Å². The average molecular weight is 445 g/mol. The first-order valence-electron chi connectivity index (χ1n) is 10.8. The van der Waals surface area contributed by atoms with Crippen molar-refractivity contribution in [2.24, 2.45) is 5.92 Å². The largest absolute Gasteiger partial charge is 0.449 e. The van der Waals surface area contributed by atoms with Gasteiger partial charge in [-0.25, -0.2) is 14.0 Å². The number of nitrogens with zero attached hydrogens (tertiary/aromatic N) is 3. The Morgan fingerprint density at radius 1 is 1.38 bits per heavy atom. The summed E-state index contributed by atoms with van der Waals surface area (Å²) in [6, 6.07) is 6.87. The molecule has 1 aromatic rings. The van der Waals surface area contributed by atoms with Crippen LogP contribution in [0.4, 0.5) is 25.4 Å². The third-order valence-corrected chi connectivity index (χ3v) is 5.54. The Labute approximate surface area is 187 Å². The Morgan fingerprint density at radius 2 is 2.09 bits per heavy atom. The molecule has 0 saturated carbocycles. The van der Waals surface area contributed by atoms with Crippen molar-refractivity contribution in [3.05, 3.63) is 35.2 Å². The second-order valence-electron chi connectivity index (χ2n) is 8.45. The molecule has 9 heteroatoms. The minimum Gasteiger partial charge on any atom is -0.449 e. The number of carbonyl (C=O) groups is 2. The van der Waals surface area contributed by atoms with Gasteiger partial charge >= 0.3 is 12.2 Å². The number of alkyl carbamates (subject to hydrolysis) is 1. The summed E-state index contributed by atoms with van der Waals surface area (Å²) < 4.78 is 25.2. The third kappa shape index (κ3) is 5.69. The van der Waals surface area contributed by atoms with Crippen LogP contribution in [0.3, 0.4) is 0 Å². The first-order valence-corrected chi connectivity index (χ1v) is 10.8. The Bertz CT molecular complexity index is 930. The van der Waals surface area contributed by atoms with Gasteiger partial charge in [-0.3, -0.25) is 4.90 Å². The third-order valence-electron chi connectivity index (χ3n) is 5.54. The van der Waals surface area contributed by atoms with Crippen LogP contribution in [0.15, 0.2) is 29.3 Å². The molecule has 2 amide bonds. The predicted molar refractivity (Wildman–Crippen MR) is 118 cm³/mol. The van der Waals surface area contributed by atoms with Crippen molar-refractivity contribution in [1.29, 1.82) is 5.26 Å². The zero-order valence-corrected chi connectivity index (χ0v) is 18.7. The van der Waals surface area contributed by atoms with Gasteiger partial charge in [-0.15, -0.1) is 0 Å². The molecule has 172 valence electrons. The van der Waals surface area contributed by atoms with Crippen molar-refractivity contribution >= 4 is 23.6 Å². The number of hydrogen-bond donors (Lipinski definition) is 1. The fourth-order valence-corrected chi connectivity index (χ4v) is 3.72.